The molecule has 0 fully saturated rings. The van der Waals surface area contributed by atoms with Gasteiger partial charge in [-0.1, -0.05) is 12.1 Å². The van der Waals surface area contributed by atoms with E-state index in [-0.39, 0.29) is 0 Å². The lowest BCUT2D eigenvalue weighted by atomic mass is 10.1. The Morgan fingerprint density at radius 3 is 2.57 bits per heavy atom. The highest BCUT2D eigenvalue weighted by atomic mass is 127. The smallest absolute Gasteiger partial charge is 0.119 e. The van der Waals surface area contributed by atoms with Crippen molar-refractivity contribution in [2.45, 2.75) is 6.92 Å². The van der Waals surface area contributed by atoms with Gasteiger partial charge in [0.15, 0.2) is 0 Å². The van der Waals surface area contributed by atoms with Crippen LogP contribution in [-0.4, -0.2) is 6.61 Å². The van der Waals surface area contributed by atoms with E-state index in [0.717, 1.165) is 12.4 Å². The van der Waals surface area contributed by atoms with Crippen molar-refractivity contribution in [3.05, 3.63) is 40.0 Å². The van der Waals surface area contributed by atoms with Gasteiger partial charge in [-0.3, -0.25) is 0 Å². The highest BCUT2D eigenvalue weighted by Gasteiger charge is 1.97. The van der Waals surface area contributed by atoms with Gasteiger partial charge in [0, 0.05) is 3.57 Å². The topological polar surface area (TPSA) is 9.23 Å². The molecule has 0 amide bonds. The lowest BCUT2D eigenvalue weighted by Crippen LogP contribution is -1.90. The molecule has 2 aromatic carbocycles. The Morgan fingerprint density at radius 1 is 1.07 bits per heavy atom. The summed E-state index contributed by atoms with van der Waals surface area (Å²) in [6.07, 6.45) is 0. The number of halogens is 1. The molecule has 2 rings (SSSR count). The molecule has 0 aliphatic heterocycles. The zero-order chi connectivity index (χ0) is 9.97. The van der Waals surface area contributed by atoms with E-state index in [1.165, 1.54) is 14.3 Å². The van der Waals surface area contributed by atoms with Gasteiger partial charge in [-0.05, 0) is 64.6 Å². The van der Waals surface area contributed by atoms with Crippen LogP contribution in [0.1, 0.15) is 6.92 Å². The molecule has 0 bridgehead atoms. The van der Waals surface area contributed by atoms with Gasteiger partial charge >= 0.3 is 0 Å². The minimum atomic E-state index is 0.718. The minimum Gasteiger partial charge on any atom is -0.494 e. The van der Waals surface area contributed by atoms with Crippen molar-refractivity contribution in [2.75, 3.05) is 6.61 Å². The maximum absolute atomic E-state index is 5.44. The summed E-state index contributed by atoms with van der Waals surface area (Å²) in [5, 5.41) is 2.50. The van der Waals surface area contributed by atoms with Crippen LogP contribution in [0.4, 0.5) is 0 Å². The van der Waals surface area contributed by atoms with Crippen LogP contribution in [0.15, 0.2) is 36.4 Å². The van der Waals surface area contributed by atoms with E-state index in [1.807, 2.05) is 13.0 Å². The molecule has 2 aromatic rings. The van der Waals surface area contributed by atoms with Crippen molar-refractivity contribution in [1.29, 1.82) is 0 Å². The van der Waals surface area contributed by atoms with Gasteiger partial charge < -0.3 is 4.74 Å². The highest BCUT2D eigenvalue weighted by molar-refractivity contribution is 14.1. The molecule has 0 saturated heterocycles. The normalized spacial score (nSPS) is 10.4. The van der Waals surface area contributed by atoms with Crippen LogP contribution in [0, 0.1) is 3.57 Å². The number of hydrogen-bond acceptors (Lipinski definition) is 1. The lowest BCUT2D eigenvalue weighted by Gasteiger charge is -2.04. The predicted octanol–water partition coefficient (Wildman–Crippen LogP) is 3.84. The Hall–Kier alpha value is -0.770. The van der Waals surface area contributed by atoms with E-state index in [1.54, 1.807) is 0 Å². The summed E-state index contributed by atoms with van der Waals surface area (Å²) >= 11 is 2.32. The molecule has 1 nitrogen and oxygen atoms in total. The molecular formula is C12H11IO. The van der Waals surface area contributed by atoms with Gasteiger partial charge in [-0.15, -0.1) is 0 Å². The van der Waals surface area contributed by atoms with Gasteiger partial charge in [0.1, 0.15) is 5.75 Å². The number of hydrogen-bond donors (Lipinski definition) is 0. The molecule has 0 saturated carbocycles. The molecule has 0 atom stereocenters. The maximum Gasteiger partial charge on any atom is 0.119 e. The summed E-state index contributed by atoms with van der Waals surface area (Å²) < 4.78 is 6.71. The van der Waals surface area contributed by atoms with Crippen molar-refractivity contribution in [3.8, 4) is 5.75 Å². The van der Waals surface area contributed by atoms with Gasteiger partial charge in [-0.2, -0.15) is 0 Å². The van der Waals surface area contributed by atoms with Crippen molar-refractivity contribution in [1.82, 2.24) is 0 Å². The summed E-state index contributed by atoms with van der Waals surface area (Å²) in [5.41, 5.74) is 0. The first-order valence-electron chi connectivity index (χ1n) is 4.61. The van der Waals surface area contributed by atoms with Gasteiger partial charge in [-0.25, -0.2) is 0 Å². The Kier molecular flexibility index (Phi) is 2.91. The lowest BCUT2D eigenvalue weighted by molar-refractivity contribution is 0.341. The zero-order valence-electron chi connectivity index (χ0n) is 7.96. The average molecular weight is 298 g/mol. The van der Waals surface area contributed by atoms with E-state index in [4.69, 9.17) is 4.74 Å². The van der Waals surface area contributed by atoms with Gasteiger partial charge in [0.25, 0.3) is 0 Å². The third-order valence-electron chi connectivity index (χ3n) is 2.08. The van der Waals surface area contributed by atoms with Gasteiger partial charge in [0.05, 0.1) is 6.61 Å². The first kappa shape index (κ1) is 9.77. The Bertz CT molecular complexity index is 451. The Morgan fingerprint density at radius 2 is 1.79 bits per heavy atom. The molecule has 0 spiro atoms. The van der Waals surface area contributed by atoms with Crippen molar-refractivity contribution in [3.63, 3.8) is 0 Å². The summed E-state index contributed by atoms with van der Waals surface area (Å²) in [4.78, 5) is 0. The van der Waals surface area contributed by atoms with E-state index >= 15 is 0 Å². The first-order valence-corrected chi connectivity index (χ1v) is 5.69. The van der Waals surface area contributed by atoms with Crippen LogP contribution in [-0.2, 0) is 0 Å². The largest absolute Gasteiger partial charge is 0.494 e. The second-order valence-corrected chi connectivity index (χ2v) is 4.33. The number of fused-ring (bicyclic) bond motifs is 1. The standard InChI is InChI=1S/C12H11IO/c1-2-14-12-6-4-9-7-11(13)5-3-10(9)8-12/h3-8H,2H2,1H3. The maximum atomic E-state index is 5.44. The molecular weight excluding hydrogens is 287 g/mol. The second-order valence-electron chi connectivity index (χ2n) is 3.09. The highest BCUT2D eigenvalue weighted by Crippen LogP contribution is 2.22. The van der Waals surface area contributed by atoms with E-state index in [0.29, 0.717) is 0 Å². The molecule has 0 N–H and O–H groups in total. The molecule has 72 valence electrons. The molecule has 0 heterocycles. The second kappa shape index (κ2) is 4.17. The van der Waals surface area contributed by atoms with E-state index in [2.05, 4.69) is 52.9 Å². The van der Waals surface area contributed by atoms with Crippen molar-refractivity contribution in [2.24, 2.45) is 0 Å². The summed E-state index contributed by atoms with van der Waals surface area (Å²) in [6.45, 7) is 2.72. The van der Waals surface area contributed by atoms with Crippen LogP contribution in [0.2, 0.25) is 0 Å². The van der Waals surface area contributed by atoms with Crippen LogP contribution in [0.3, 0.4) is 0 Å². The third-order valence-corrected chi connectivity index (χ3v) is 2.76. The average Bonchev–Trinajstić information content (AvgIpc) is 2.19. The number of rotatable bonds is 2. The Balaban J connectivity index is 2.50. The number of ether oxygens (including phenoxy) is 1. The third kappa shape index (κ3) is 2.00. The monoisotopic (exact) mass is 298 g/mol. The van der Waals surface area contributed by atoms with Crippen LogP contribution >= 0.6 is 22.6 Å². The molecule has 0 aliphatic carbocycles. The van der Waals surface area contributed by atoms with Gasteiger partial charge in [0.2, 0.25) is 0 Å². The summed E-state index contributed by atoms with van der Waals surface area (Å²) in [7, 11) is 0. The van der Waals surface area contributed by atoms with E-state index < -0.39 is 0 Å². The molecule has 0 unspecified atom stereocenters. The van der Waals surface area contributed by atoms with Crippen LogP contribution in [0.5, 0.6) is 5.75 Å². The van der Waals surface area contributed by atoms with Crippen molar-refractivity contribution < 1.29 is 4.74 Å². The number of benzene rings is 2. The van der Waals surface area contributed by atoms with Crippen LogP contribution in [0.25, 0.3) is 10.8 Å². The molecule has 0 aliphatic rings. The fourth-order valence-corrected chi connectivity index (χ4v) is 1.97. The molecule has 14 heavy (non-hydrogen) atoms. The SMILES string of the molecule is CCOc1ccc2cc(I)ccc2c1. The summed E-state index contributed by atoms with van der Waals surface area (Å²) in [5.74, 6) is 0.946. The zero-order valence-corrected chi connectivity index (χ0v) is 10.1. The predicted molar refractivity (Wildman–Crippen MR) is 67.8 cm³/mol. The fraction of sp³-hybridized carbons (Fsp3) is 0.167. The van der Waals surface area contributed by atoms with E-state index in [9.17, 15) is 0 Å². The van der Waals surface area contributed by atoms with Crippen LogP contribution < -0.4 is 4.74 Å². The Labute approximate surface area is 97.2 Å². The minimum absolute atomic E-state index is 0.718. The molecule has 0 aromatic heterocycles. The van der Waals surface area contributed by atoms with Crippen molar-refractivity contribution >= 4 is 33.4 Å². The fourth-order valence-electron chi connectivity index (χ4n) is 1.45. The quantitative estimate of drug-likeness (QED) is 0.765. The first-order chi connectivity index (χ1) is 6.79. The molecule has 2 heteroatoms. The molecule has 0 radical (unpaired) electrons. The summed E-state index contributed by atoms with van der Waals surface area (Å²) in [6, 6.07) is 12.6.